The number of nitrogens with one attached hydrogen (secondary N) is 1. The predicted octanol–water partition coefficient (Wildman–Crippen LogP) is 5.80. The van der Waals surface area contributed by atoms with E-state index in [0.29, 0.717) is 34.2 Å². The third-order valence-electron chi connectivity index (χ3n) is 5.08. The highest BCUT2D eigenvalue weighted by Crippen LogP contribution is 2.25. The van der Waals surface area contributed by atoms with E-state index in [4.69, 9.17) is 28.3 Å². The summed E-state index contributed by atoms with van der Waals surface area (Å²) < 4.78 is 1.78. The van der Waals surface area contributed by atoms with Gasteiger partial charge in [-0.1, -0.05) is 73.4 Å². The first-order valence-corrected chi connectivity index (χ1v) is 10.9. The maximum atomic E-state index is 13.0. The molecule has 4 rings (SSSR count). The molecule has 0 fully saturated rings. The predicted molar refractivity (Wildman–Crippen MR) is 125 cm³/mol. The van der Waals surface area contributed by atoms with Gasteiger partial charge in [0.2, 0.25) is 0 Å². The highest BCUT2D eigenvalue weighted by atomic mass is 35.5. The summed E-state index contributed by atoms with van der Waals surface area (Å²) in [5.74, 6) is -0.0968. The van der Waals surface area contributed by atoms with Crippen LogP contribution in [0.4, 0.5) is 0 Å². The van der Waals surface area contributed by atoms with Crippen LogP contribution >= 0.6 is 23.2 Å². The molecule has 0 radical (unpaired) electrons. The maximum Gasteiger partial charge on any atom is 0.254 e. The summed E-state index contributed by atoms with van der Waals surface area (Å²) in [5.41, 5.74) is 4.83. The lowest BCUT2D eigenvalue weighted by molar-refractivity contribution is 0.0951. The van der Waals surface area contributed by atoms with E-state index in [-0.39, 0.29) is 11.8 Å². The number of aromatic nitrogens is 3. The summed E-state index contributed by atoms with van der Waals surface area (Å²) in [7, 11) is 0. The lowest BCUT2D eigenvalue weighted by Crippen LogP contribution is -2.28. The molecule has 158 valence electrons. The molecular weight excluding hydrogens is 431 g/mol. The quantitative estimate of drug-likeness (QED) is 0.402. The average molecular weight is 453 g/mol. The number of nitrogens with zero attached hydrogens (tertiary/aromatic N) is 3. The number of halogens is 2. The van der Waals surface area contributed by atoms with Crippen molar-refractivity contribution in [2.24, 2.45) is 0 Å². The minimum atomic E-state index is -0.181. The van der Waals surface area contributed by atoms with E-state index in [0.717, 1.165) is 22.5 Å². The van der Waals surface area contributed by atoms with Gasteiger partial charge in [-0.3, -0.25) is 4.79 Å². The average Bonchev–Trinajstić information content (AvgIpc) is 3.19. The van der Waals surface area contributed by atoms with E-state index in [1.54, 1.807) is 22.8 Å². The summed E-state index contributed by atoms with van der Waals surface area (Å²) in [6, 6.07) is 17.2. The van der Waals surface area contributed by atoms with E-state index in [9.17, 15) is 4.79 Å². The number of carbonyl (C=O) groups excluding carboxylic acids is 1. The van der Waals surface area contributed by atoms with E-state index in [2.05, 4.69) is 10.3 Å². The fourth-order valence-electron chi connectivity index (χ4n) is 3.56. The van der Waals surface area contributed by atoms with Crippen molar-refractivity contribution >= 4 is 34.8 Å². The van der Waals surface area contributed by atoms with Crippen LogP contribution in [0.3, 0.4) is 0 Å². The van der Waals surface area contributed by atoms with E-state index >= 15 is 0 Å². The van der Waals surface area contributed by atoms with E-state index < -0.39 is 0 Å². The third-order valence-corrected chi connectivity index (χ3v) is 5.66. The molecule has 0 bridgehead atoms. The Morgan fingerprint density at radius 2 is 1.87 bits per heavy atom. The maximum absolute atomic E-state index is 13.0. The molecule has 2 heterocycles. The molecule has 0 spiro atoms. The molecule has 0 atom stereocenters. The van der Waals surface area contributed by atoms with Gasteiger partial charge < -0.3 is 5.32 Å². The highest BCUT2D eigenvalue weighted by molar-refractivity contribution is 6.35. The molecule has 0 aliphatic heterocycles. The summed E-state index contributed by atoms with van der Waals surface area (Å²) in [4.78, 5) is 17.5. The highest BCUT2D eigenvalue weighted by Gasteiger charge is 2.20. The van der Waals surface area contributed by atoms with Gasteiger partial charge in [0.25, 0.3) is 5.91 Å². The largest absolute Gasteiger partial charge is 0.352 e. The topological polar surface area (TPSA) is 59.3 Å². The monoisotopic (exact) mass is 452 g/mol. The Hall–Kier alpha value is -2.89. The van der Waals surface area contributed by atoms with Gasteiger partial charge in [0, 0.05) is 34.4 Å². The molecule has 0 saturated carbocycles. The molecule has 1 amide bonds. The van der Waals surface area contributed by atoms with E-state index in [1.807, 2.05) is 56.3 Å². The molecule has 2 aromatic carbocycles. The van der Waals surface area contributed by atoms with Gasteiger partial charge in [-0.25, -0.2) is 9.50 Å². The minimum Gasteiger partial charge on any atom is -0.352 e. The number of benzene rings is 2. The summed E-state index contributed by atoms with van der Waals surface area (Å²) >= 11 is 12.2. The van der Waals surface area contributed by atoms with Crippen LogP contribution < -0.4 is 5.32 Å². The van der Waals surface area contributed by atoms with E-state index in [1.165, 1.54) is 0 Å². The standard InChI is InChI=1S/C24H22Cl2N4O/c1-15(2)23-19(24(31)27-11-10-16-8-9-18(25)12-20(16)26)14-28-22-13-21(29-30(22)23)17-6-4-3-5-7-17/h3-9,12-15H,10-11H2,1-2H3,(H,27,31). The van der Waals surface area contributed by atoms with Crippen molar-refractivity contribution in [1.82, 2.24) is 19.9 Å². The Morgan fingerprint density at radius 3 is 2.58 bits per heavy atom. The van der Waals surface area contributed by atoms with Crippen molar-refractivity contribution < 1.29 is 4.79 Å². The van der Waals surface area contributed by atoms with Crippen molar-refractivity contribution in [1.29, 1.82) is 0 Å². The van der Waals surface area contributed by atoms with Crippen molar-refractivity contribution in [2.75, 3.05) is 6.54 Å². The SMILES string of the molecule is CC(C)c1c(C(=O)NCCc2ccc(Cl)cc2Cl)cnc2cc(-c3ccccc3)nn12. The van der Waals surface area contributed by atoms with Crippen molar-refractivity contribution in [3.63, 3.8) is 0 Å². The lowest BCUT2D eigenvalue weighted by atomic mass is 10.0. The molecule has 1 N–H and O–H groups in total. The van der Waals surface area contributed by atoms with Crippen molar-refractivity contribution in [3.05, 3.63) is 87.7 Å². The van der Waals surface area contributed by atoms with Gasteiger partial charge in [0.05, 0.1) is 17.0 Å². The zero-order chi connectivity index (χ0) is 22.0. The summed E-state index contributed by atoms with van der Waals surface area (Å²) in [6.07, 6.45) is 2.24. The first kappa shape index (κ1) is 21.3. The van der Waals surface area contributed by atoms with Gasteiger partial charge in [-0.2, -0.15) is 5.10 Å². The summed E-state index contributed by atoms with van der Waals surface area (Å²) in [6.45, 7) is 4.54. The van der Waals surface area contributed by atoms with Crippen LogP contribution in [0.1, 0.15) is 41.4 Å². The van der Waals surface area contributed by atoms with Crippen LogP contribution in [0.25, 0.3) is 16.9 Å². The van der Waals surface area contributed by atoms with Crippen LogP contribution in [0.15, 0.2) is 60.8 Å². The van der Waals surface area contributed by atoms with Crippen LogP contribution in [0.2, 0.25) is 10.0 Å². The Morgan fingerprint density at radius 1 is 1.10 bits per heavy atom. The van der Waals surface area contributed by atoms with Gasteiger partial charge in [0.1, 0.15) is 0 Å². The minimum absolute atomic E-state index is 0.0838. The van der Waals surface area contributed by atoms with Crippen LogP contribution in [-0.4, -0.2) is 27.0 Å². The first-order chi connectivity index (χ1) is 14.9. The third kappa shape index (κ3) is 4.58. The van der Waals surface area contributed by atoms with Gasteiger partial charge in [0.15, 0.2) is 5.65 Å². The van der Waals surface area contributed by atoms with Gasteiger partial charge >= 0.3 is 0 Å². The second-order valence-corrected chi connectivity index (χ2v) is 8.46. The molecular formula is C24H22Cl2N4O. The Balaban J connectivity index is 1.59. The lowest BCUT2D eigenvalue weighted by Gasteiger charge is -2.14. The Bertz CT molecular complexity index is 1240. The second kappa shape index (κ2) is 9.08. The van der Waals surface area contributed by atoms with Crippen molar-refractivity contribution in [2.45, 2.75) is 26.2 Å². The molecule has 0 unspecified atom stereocenters. The molecule has 4 aromatic rings. The number of carbonyl (C=O) groups is 1. The zero-order valence-electron chi connectivity index (χ0n) is 17.3. The van der Waals surface area contributed by atoms with Gasteiger partial charge in [-0.05, 0) is 30.0 Å². The first-order valence-electron chi connectivity index (χ1n) is 10.1. The van der Waals surface area contributed by atoms with Gasteiger partial charge in [-0.15, -0.1) is 0 Å². The van der Waals surface area contributed by atoms with Crippen molar-refractivity contribution in [3.8, 4) is 11.3 Å². The summed E-state index contributed by atoms with van der Waals surface area (Å²) in [5, 5.41) is 8.90. The van der Waals surface area contributed by atoms with Crippen LogP contribution in [0, 0.1) is 0 Å². The molecule has 0 aliphatic carbocycles. The normalized spacial score (nSPS) is 11.3. The zero-order valence-corrected chi connectivity index (χ0v) is 18.8. The Kier molecular flexibility index (Phi) is 6.25. The van der Waals surface area contributed by atoms with Crippen LogP contribution in [0.5, 0.6) is 0 Å². The molecule has 7 heteroatoms. The number of hydrogen-bond donors (Lipinski definition) is 1. The number of hydrogen-bond acceptors (Lipinski definition) is 3. The fraction of sp³-hybridized carbons (Fsp3) is 0.208. The number of amides is 1. The molecule has 0 aliphatic rings. The number of fused-ring (bicyclic) bond motifs is 1. The number of rotatable bonds is 6. The Labute approximate surface area is 191 Å². The fourth-order valence-corrected chi connectivity index (χ4v) is 4.07. The molecule has 0 saturated heterocycles. The molecule has 31 heavy (non-hydrogen) atoms. The molecule has 2 aromatic heterocycles. The second-order valence-electron chi connectivity index (χ2n) is 7.62. The van der Waals surface area contributed by atoms with Crippen LogP contribution in [-0.2, 0) is 6.42 Å². The molecule has 5 nitrogen and oxygen atoms in total. The smallest absolute Gasteiger partial charge is 0.254 e.